The fraction of sp³-hybridized carbons (Fsp3) is 0.462. The second-order valence-electron chi connectivity index (χ2n) is 4.58. The molecule has 0 spiro atoms. The van der Waals surface area contributed by atoms with Gasteiger partial charge >= 0.3 is 0 Å². The first-order valence-corrected chi connectivity index (χ1v) is 5.95. The molecular weight excluding hydrogens is 219 g/mol. The molecular formula is C13H17FN2O. The number of carbonyl (C=O) groups is 1. The molecule has 1 aromatic carbocycles. The van der Waals surface area contributed by atoms with E-state index in [0.29, 0.717) is 5.56 Å². The Hall–Kier alpha value is -1.58. The van der Waals surface area contributed by atoms with E-state index in [1.807, 2.05) is 11.8 Å². The first-order valence-electron chi connectivity index (χ1n) is 5.95. The summed E-state index contributed by atoms with van der Waals surface area (Å²) in [7, 11) is 0. The fourth-order valence-electron chi connectivity index (χ4n) is 2.24. The molecule has 92 valence electrons. The highest BCUT2D eigenvalue weighted by molar-refractivity contribution is 5.95. The molecule has 1 atom stereocenters. The van der Waals surface area contributed by atoms with E-state index in [1.165, 1.54) is 18.2 Å². The van der Waals surface area contributed by atoms with E-state index in [-0.39, 0.29) is 17.6 Å². The second kappa shape index (κ2) is 4.73. The van der Waals surface area contributed by atoms with Crippen LogP contribution < -0.4 is 5.73 Å². The minimum Gasteiger partial charge on any atom is -0.396 e. The van der Waals surface area contributed by atoms with Gasteiger partial charge in [-0.15, -0.1) is 0 Å². The molecule has 1 heterocycles. The highest BCUT2D eigenvalue weighted by Gasteiger charge is 2.24. The van der Waals surface area contributed by atoms with E-state index in [1.54, 1.807) is 0 Å². The largest absolute Gasteiger partial charge is 0.396 e. The van der Waals surface area contributed by atoms with Crippen molar-refractivity contribution < 1.29 is 9.18 Å². The number of rotatable bonds is 1. The molecule has 1 aromatic rings. The molecule has 4 heteroatoms. The third-order valence-corrected chi connectivity index (χ3v) is 3.31. The lowest BCUT2D eigenvalue weighted by molar-refractivity contribution is 0.0635. The molecule has 3 nitrogen and oxygen atoms in total. The lowest BCUT2D eigenvalue weighted by atomic mass is 10.0. The van der Waals surface area contributed by atoms with E-state index in [0.717, 1.165) is 25.8 Å². The van der Waals surface area contributed by atoms with Crippen LogP contribution in [0.5, 0.6) is 0 Å². The Morgan fingerprint density at radius 2 is 2.24 bits per heavy atom. The number of hydrogen-bond acceptors (Lipinski definition) is 2. The van der Waals surface area contributed by atoms with Crippen LogP contribution >= 0.6 is 0 Å². The van der Waals surface area contributed by atoms with Gasteiger partial charge in [-0.05, 0) is 44.4 Å². The maximum absolute atomic E-state index is 13.0. The zero-order chi connectivity index (χ0) is 12.4. The molecule has 1 aliphatic heterocycles. The number of nitrogen functional groups attached to an aromatic ring is 1. The average Bonchev–Trinajstić information content (AvgIpc) is 2.32. The van der Waals surface area contributed by atoms with Gasteiger partial charge in [0, 0.05) is 18.2 Å². The van der Waals surface area contributed by atoms with Crippen LogP contribution in [0, 0.1) is 5.82 Å². The molecule has 1 unspecified atom stereocenters. The number of nitrogens with zero attached hydrogens (tertiary/aromatic N) is 1. The summed E-state index contributed by atoms with van der Waals surface area (Å²) in [6.07, 6.45) is 3.23. The van der Waals surface area contributed by atoms with Gasteiger partial charge in [0.1, 0.15) is 5.82 Å². The molecule has 1 saturated heterocycles. The number of halogens is 1. The van der Waals surface area contributed by atoms with Crippen molar-refractivity contribution in [1.82, 2.24) is 4.90 Å². The molecule has 0 aliphatic carbocycles. The summed E-state index contributed by atoms with van der Waals surface area (Å²) in [6, 6.07) is 4.41. The lowest BCUT2D eigenvalue weighted by Gasteiger charge is -2.33. The Balaban J connectivity index is 2.21. The van der Waals surface area contributed by atoms with Gasteiger partial charge in [-0.3, -0.25) is 4.79 Å². The van der Waals surface area contributed by atoms with Crippen molar-refractivity contribution in [3.05, 3.63) is 29.6 Å². The maximum Gasteiger partial charge on any atom is 0.254 e. The number of anilines is 1. The van der Waals surface area contributed by atoms with Gasteiger partial charge in [-0.2, -0.15) is 0 Å². The van der Waals surface area contributed by atoms with Gasteiger partial charge in [-0.1, -0.05) is 0 Å². The summed E-state index contributed by atoms with van der Waals surface area (Å²) in [5, 5.41) is 0. The van der Waals surface area contributed by atoms with Gasteiger partial charge in [0.2, 0.25) is 0 Å². The summed E-state index contributed by atoms with van der Waals surface area (Å²) in [6.45, 7) is 2.82. The number of amides is 1. The Labute approximate surface area is 100 Å². The van der Waals surface area contributed by atoms with Crippen molar-refractivity contribution in [1.29, 1.82) is 0 Å². The number of benzene rings is 1. The van der Waals surface area contributed by atoms with Crippen molar-refractivity contribution in [2.75, 3.05) is 12.3 Å². The summed E-state index contributed by atoms with van der Waals surface area (Å²) < 4.78 is 13.0. The summed E-state index contributed by atoms with van der Waals surface area (Å²) in [5.41, 5.74) is 5.98. The third kappa shape index (κ3) is 2.40. The van der Waals surface area contributed by atoms with Crippen LogP contribution in [0.2, 0.25) is 0 Å². The van der Waals surface area contributed by atoms with Crippen molar-refractivity contribution in [2.24, 2.45) is 0 Å². The lowest BCUT2D eigenvalue weighted by Crippen LogP contribution is -2.42. The predicted molar refractivity (Wildman–Crippen MR) is 65.2 cm³/mol. The van der Waals surface area contributed by atoms with Crippen molar-refractivity contribution in [3.8, 4) is 0 Å². The number of hydrogen-bond donors (Lipinski definition) is 1. The Morgan fingerprint density at radius 1 is 1.47 bits per heavy atom. The molecule has 2 N–H and O–H groups in total. The molecule has 1 amide bonds. The zero-order valence-corrected chi connectivity index (χ0v) is 9.95. The molecule has 0 radical (unpaired) electrons. The number of nitrogens with two attached hydrogens (primary N) is 1. The van der Waals surface area contributed by atoms with E-state index in [9.17, 15) is 9.18 Å². The van der Waals surface area contributed by atoms with E-state index >= 15 is 0 Å². The highest BCUT2D eigenvalue weighted by atomic mass is 19.1. The molecule has 1 fully saturated rings. The summed E-state index contributed by atoms with van der Waals surface area (Å²) >= 11 is 0. The highest BCUT2D eigenvalue weighted by Crippen LogP contribution is 2.20. The molecule has 0 saturated carbocycles. The Bertz CT molecular complexity index is 433. The first kappa shape index (κ1) is 11.9. The fourth-order valence-corrected chi connectivity index (χ4v) is 2.24. The predicted octanol–water partition coefficient (Wildman–Crippen LogP) is 2.42. The van der Waals surface area contributed by atoms with Crippen LogP contribution in [0.3, 0.4) is 0 Å². The number of piperidine rings is 1. The molecule has 0 bridgehead atoms. The zero-order valence-electron chi connectivity index (χ0n) is 9.95. The van der Waals surface area contributed by atoms with Gasteiger partial charge in [0.25, 0.3) is 5.91 Å². The minimum atomic E-state index is -0.478. The quantitative estimate of drug-likeness (QED) is 0.761. The summed E-state index contributed by atoms with van der Waals surface area (Å²) in [4.78, 5) is 14.1. The van der Waals surface area contributed by atoms with Crippen molar-refractivity contribution >= 4 is 11.6 Å². The van der Waals surface area contributed by atoms with E-state index in [4.69, 9.17) is 5.73 Å². The van der Waals surface area contributed by atoms with Crippen LogP contribution in [0.4, 0.5) is 10.1 Å². The topological polar surface area (TPSA) is 46.3 Å². The van der Waals surface area contributed by atoms with E-state index in [2.05, 4.69) is 0 Å². The molecule has 0 aromatic heterocycles. The number of carbonyl (C=O) groups excluding carboxylic acids is 1. The van der Waals surface area contributed by atoms with Gasteiger partial charge < -0.3 is 10.6 Å². The van der Waals surface area contributed by atoms with Crippen LogP contribution in [0.1, 0.15) is 36.5 Å². The van der Waals surface area contributed by atoms with Crippen LogP contribution in [-0.2, 0) is 0 Å². The van der Waals surface area contributed by atoms with Gasteiger partial charge in [-0.25, -0.2) is 4.39 Å². The van der Waals surface area contributed by atoms with Gasteiger partial charge in [0.05, 0.1) is 5.69 Å². The average molecular weight is 236 g/mol. The number of likely N-dealkylation sites (tertiary alicyclic amines) is 1. The first-order chi connectivity index (χ1) is 8.09. The monoisotopic (exact) mass is 236 g/mol. The Morgan fingerprint density at radius 3 is 2.88 bits per heavy atom. The van der Waals surface area contributed by atoms with Crippen LogP contribution in [0.25, 0.3) is 0 Å². The van der Waals surface area contributed by atoms with Gasteiger partial charge in [0.15, 0.2) is 0 Å². The van der Waals surface area contributed by atoms with Crippen LogP contribution in [-0.4, -0.2) is 23.4 Å². The smallest absolute Gasteiger partial charge is 0.254 e. The molecule has 2 rings (SSSR count). The van der Waals surface area contributed by atoms with E-state index < -0.39 is 5.82 Å². The SMILES string of the molecule is CC1CCCCN1C(=O)c1ccc(F)c(N)c1. The molecule has 1 aliphatic rings. The van der Waals surface area contributed by atoms with Crippen molar-refractivity contribution in [3.63, 3.8) is 0 Å². The second-order valence-corrected chi connectivity index (χ2v) is 4.58. The standard InChI is InChI=1S/C13H17FN2O/c1-9-4-2-3-7-16(9)13(17)10-5-6-11(14)12(15)8-10/h5-6,8-9H,2-4,7,15H2,1H3. The third-order valence-electron chi connectivity index (χ3n) is 3.31. The maximum atomic E-state index is 13.0. The molecule has 17 heavy (non-hydrogen) atoms. The normalized spacial score (nSPS) is 20.4. The Kier molecular flexibility index (Phi) is 3.31. The minimum absolute atomic E-state index is 0.0283. The summed E-state index contributed by atoms with van der Waals surface area (Å²) in [5.74, 6) is -0.530. The van der Waals surface area contributed by atoms with Crippen LogP contribution in [0.15, 0.2) is 18.2 Å². The van der Waals surface area contributed by atoms with Crippen molar-refractivity contribution in [2.45, 2.75) is 32.2 Å².